The highest BCUT2D eigenvalue weighted by Crippen LogP contribution is 2.41. The van der Waals surface area contributed by atoms with E-state index in [0.717, 1.165) is 24.2 Å². The molecule has 0 aliphatic heterocycles. The molecule has 1 aliphatic rings. The molecule has 2 aromatic carbocycles. The minimum absolute atomic E-state index is 0.0435. The van der Waals surface area contributed by atoms with E-state index in [0.29, 0.717) is 27.3 Å². The molecule has 0 radical (unpaired) electrons. The van der Waals surface area contributed by atoms with Crippen molar-refractivity contribution in [3.63, 3.8) is 0 Å². The lowest BCUT2D eigenvalue weighted by atomic mass is 10.0. The molecular formula is C19H19Cl2NO3. The second kappa shape index (κ2) is 7.54. The smallest absolute Gasteiger partial charge is 0.251 e. The molecule has 25 heavy (non-hydrogen) atoms. The Morgan fingerprint density at radius 2 is 1.68 bits per heavy atom. The Bertz CT molecular complexity index is 750. The van der Waals surface area contributed by atoms with Crippen LogP contribution >= 0.6 is 23.2 Å². The summed E-state index contributed by atoms with van der Waals surface area (Å²) in [7, 11) is 3.12. The second-order valence-electron chi connectivity index (χ2n) is 6.03. The van der Waals surface area contributed by atoms with Crippen LogP contribution in [-0.4, -0.2) is 20.1 Å². The van der Waals surface area contributed by atoms with Crippen LogP contribution in [0.1, 0.15) is 34.8 Å². The van der Waals surface area contributed by atoms with Gasteiger partial charge in [-0.15, -0.1) is 0 Å². The lowest BCUT2D eigenvalue weighted by Crippen LogP contribution is -2.29. The molecule has 4 nitrogen and oxygen atoms in total. The number of carbonyl (C=O) groups excluding carboxylic acids is 1. The third-order valence-electron chi connectivity index (χ3n) is 4.32. The Balaban J connectivity index is 1.81. The largest absolute Gasteiger partial charge is 0.497 e. The van der Waals surface area contributed by atoms with Crippen molar-refractivity contribution in [3.8, 4) is 11.5 Å². The van der Waals surface area contributed by atoms with Gasteiger partial charge in [0.2, 0.25) is 0 Å². The Kier molecular flexibility index (Phi) is 5.40. The molecule has 3 rings (SSSR count). The highest BCUT2D eigenvalue weighted by Gasteiger charge is 2.33. The summed E-state index contributed by atoms with van der Waals surface area (Å²) in [5, 5.41) is 3.73. The molecule has 0 aromatic heterocycles. The van der Waals surface area contributed by atoms with Crippen LogP contribution in [0.2, 0.25) is 10.0 Å². The fourth-order valence-electron chi connectivity index (χ4n) is 2.82. The molecule has 1 fully saturated rings. The molecule has 132 valence electrons. The number of ether oxygens (including phenoxy) is 2. The summed E-state index contributed by atoms with van der Waals surface area (Å²) in [6, 6.07) is 10.9. The Morgan fingerprint density at radius 1 is 1.08 bits per heavy atom. The number of hydrogen-bond donors (Lipinski definition) is 1. The van der Waals surface area contributed by atoms with Crippen LogP contribution in [0.15, 0.2) is 36.4 Å². The number of methoxy groups -OCH3 is 2. The zero-order chi connectivity index (χ0) is 18.0. The minimum atomic E-state index is -0.209. The topological polar surface area (TPSA) is 47.6 Å². The van der Waals surface area contributed by atoms with Crippen LogP contribution in [0.3, 0.4) is 0 Å². The van der Waals surface area contributed by atoms with Gasteiger partial charge < -0.3 is 14.8 Å². The first-order valence-electron chi connectivity index (χ1n) is 8.01. The number of carbonyl (C=O) groups is 1. The van der Waals surface area contributed by atoms with E-state index in [1.165, 1.54) is 7.11 Å². The van der Waals surface area contributed by atoms with Gasteiger partial charge in [0.1, 0.15) is 5.75 Å². The molecule has 6 heteroatoms. The quantitative estimate of drug-likeness (QED) is 0.776. The molecule has 0 heterocycles. The van der Waals surface area contributed by atoms with E-state index >= 15 is 0 Å². The second-order valence-corrected chi connectivity index (χ2v) is 6.85. The van der Waals surface area contributed by atoms with E-state index in [2.05, 4.69) is 5.32 Å². The average Bonchev–Trinajstić information content (AvgIpc) is 3.44. The van der Waals surface area contributed by atoms with Gasteiger partial charge in [-0.1, -0.05) is 35.3 Å². The minimum Gasteiger partial charge on any atom is -0.497 e. The maximum absolute atomic E-state index is 12.7. The summed E-state index contributed by atoms with van der Waals surface area (Å²) in [4.78, 5) is 12.7. The fourth-order valence-corrected chi connectivity index (χ4v) is 3.47. The van der Waals surface area contributed by atoms with Crippen molar-refractivity contribution in [1.82, 2.24) is 5.32 Å². The van der Waals surface area contributed by atoms with Crippen LogP contribution in [0.5, 0.6) is 11.5 Å². The Morgan fingerprint density at radius 3 is 2.16 bits per heavy atom. The van der Waals surface area contributed by atoms with Crippen molar-refractivity contribution in [1.29, 1.82) is 0 Å². The van der Waals surface area contributed by atoms with Gasteiger partial charge in [0, 0.05) is 5.56 Å². The van der Waals surface area contributed by atoms with E-state index in [4.69, 9.17) is 32.7 Å². The molecular weight excluding hydrogens is 361 g/mol. The first kappa shape index (κ1) is 17.9. The van der Waals surface area contributed by atoms with Crippen LogP contribution < -0.4 is 14.8 Å². The third kappa shape index (κ3) is 4.02. The van der Waals surface area contributed by atoms with Gasteiger partial charge in [0.05, 0.1) is 30.3 Å². The van der Waals surface area contributed by atoms with Crippen LogP contribution in [0.4, 0.5) is 0 Å². The summed E-state index contributed by atoms with van der Waals surface area (Å²) in [5.41, 5.74) is 1.47. The molecule has 1 unspecified atom stereocenters. The summed E-state index contributed by atoms with van der Waals surface area (Å²) in [5.74, 6) is 1.40. The molecule has 2 aromatic rings. The van der Waals surface area contributed by atoms with Crippen molar-refractivity contribution >= 4 is 29.1 Å². The molecule has 1 aliphatic carbocycles. The standard InChI is InChI=1S/C19H19Cl2NO3/c1-24-14-7-5-12(6-8-14)17(11-3-4-11)22-19(23)13-9-15(20)18(25-2)16(21)10-13/h5-11,17H,3-4H2,1-2H3,(H,22,23). The van der Waals surface area contributed by atoms with Crippen molar-refractivity contribution < 1.29 is 14.3 Å². The summed E-state index contributed by atoms with van der Waals surface area (Å²) in [6.07, 6.45) is 2.20. The van der Waals surface area contributed by atoms with Crippen molar-refractivity contribution in [3.05, 3.63) is 57.6 Å². The lowest BCUT2D eigenvalue weighted by molar-refractivity contribution is 0.0931. The summed E-state index contributed by atoms with van der Waals surface area (Å²) >= 11 is 12.3. The lowest BCUT2D eigenvalue weighted by Gasteiger charge is -2.19. The molecule has 1 saturated carbocycles. The first-order valence-corrected chi connectivity index (χ1v) is 8.77. The Labute approximate surface area is 157 Å². The van der Waals surface area contributed by atoms with E-state index in [1.807, 2.05) is 24.3 Å². The number of hydrogen-bond acceptors (Lipinski definition) is 3. The van der Waals surface area contributed by atoms with Gasteiger partial charge in [-0.25, -0.2) is 0 Å². The predicted molar refractivity (Wildman–Crippen MR) is 98.9 cm³/mol. The zero-order valence-corrected chi connectivity index (χ0v) is 15.5. The zero-order valence-electron chi connectivity index (χ0n) is 14.0. The van der Waals surface area contributed by atoms with E-state index in [9.17, 15) is 4.79 Å². The van der Waals surface area contributed by atoms with Gasteiger partial charge in [0.15, 0.2) is 5.75 Å². The summed E-state index contributed by atoms with van der Waals surface area (Å²) in [6.45, 7) is 0. The number of benzene rings is 2. The highest BCUT2D eigenvalue weighted by atomic mass is 35.5. The molecule has 1 N–H and O–H groups in total. The molecule has 1 amide bonds. The number of halogens is 2. The van der Waals surface area contributed by atoms with Gasteiger partial charge in [-0.2, -0.15) is 0 Å². The van der Waals surface area contributed by atoms with E-state index < -0.39 is 0 Å². The number of nitrogens with one attached hydrogen (secondary N) is 1. The highest BCUT2D eigenvalue weighted by molar-refractivity contribution is 6.37. The third-order valence-corrected chi connectivity index (χ3v) is 4.88. The monoisotopic (exact) mass is 379 g/mol. The predicted octanol–water partition coefficient (Wildman–Crippen LogP) is 4.89. The Hall–Kier alpha value is -1.91. The van der Waals surface area contributed by atoms with Crippen molar-refractivity contribution in [2.45, 2.75) is 18.9 Å². The fraction of sp³-hybridized carbons (Fsp3) is 0.316. The van der Waals surface area contributed by atoms with Crippen molar-refractivity contribution in [2.24, 2.45) is 5.92 Å². The first-order chi connectivity index (χ1) is 12.0. The van der Waals surface area contributed by atoms with Crippen LogP contribution in [-0.2, 0) is 0 Å². The molecule has 0 saturated heterocycles. The maximum Gasteiger partial charge on any atom is 0.251 e. The maximum atomic E-state index is 12.7. The van der Waals surface area contributed by atoms with Gasteiger partial charge >= 0.3 is 0 Å². The number of amides is 1. The molecule has 0 bridgehead atoms. The van der Waals surface area contributed by atoms with Gasteiger partial charge in [-0.05, 0) is 48.6 Å². The van der Waals surface area contributed by atoms with Crippen molar-refractivity contribution in [2.75, 3.05) is 14.2 Å². The van der Waals surface area contributed by atoms with Gasteiger partial charge in [-0.3, -0.25) is 4.79 Å². The average molecular weight is 380 g/mol. The molecule has 1 atom stereocenters. The van der Waals surface area contributed by atoms with Crippen LogP contribution in [0.25, 0.3) is 0 Å². The SMILES string of the molecule is COc1ccc(C(NC(=O)c2cc(Cl)c(OC)c(Cl)c2)C2CC2)cc1. The van der Waals surface area contributed by atoms with E-state index in [1.54, 1.807) is 19.2 Å². The normalized spacial score (nSPS) is 14.7. The molecule has 0 spiro atoms. The van der Waals surface area contributed by atoms with Crippen LogP contribution in [0, 0.1) is 5.92 Å². The number of rotatable bonds is 6. The van der Waals surface area contributed by atoms with E-state index in [-0.39, 0.29) is 11.9 Å². The van der Waals surface area contributed by atoms with Gasteiger partial charge in [0.25, 0.3) is 5.91 Å². The summed E-state index contributed by atoms with van der Waals surface area (Å²) < 4.78 is 10.3.